The number of aryl methyl sites for hydroxylation is 1. The quantitative estimate of drug-likeness (QED) is 0.558. The van der Waals surface area contributed by atoms with Gasteiger partial charge in [-0.05, 0) is 30.7 Å². The van der Waals surface area contributed by atoms with Crippen LogP contribution in [0.1, 0.15) is 11.3 Å². The summed E-state index contributed by atoms with van der Waals surface area (Å²) in [6.07, 6.45) is 7.66. The molecule has 3 aromatic rings. The Labute approximate surface area is 158 Å². The van der Waals surface area contributed by atoms with Gasteiger partial charge in [-0.25, -0.2) is 15.0 Å². The summed E-state index contributed by atoms with van der Waals surface area (Å²) in [5.41, 5.74) is 3.18. The first-order chi connectivity index (χ1) is 13.2. The van der Waals surface area contributed by atoms with Crippen molar-refractivity contribution in [3.8, 4) is 0 Å². The van der Waals surface area contributed by atoms with Gasteiger partial charge in [0.1, 0.15) is 5.65 Å². The molecule has 0 aliphatic carbocycles. The van der Waals surface area contributed by atoms with Crippen molar-refractivity contribution in [2.45, 2.75) is 13.5 Å². The van der Waals surface area contributed by atoms with Gasteiger partial charge in [0.2, 0.25) is 5.95 Å². The summed E-state index contributed by atoms with van der Waals surface area (Å²) in [5, 5.41) is 3.44. The molecular formula is C19H24N8. The van der Waals surface area contributed by atoms with Gasteiger partial charge in [-0.1, -0.05) is 0 Å². The normalized spacial score (nSPS) is 15.4. The van der Waals surface area contributed by atoms with Crippen molar-refractivity contribution in [3.05, 3.63) is 54.2 Å². The summed E-state index contributed by atoms with van der Waals surface area (Å²) in [6, 6.07) is 6.01. The lowest BCUT2D eigenvalue weighted by Crippen LogP contribution is -2.52. The number of rotatable bonds is 3. The fraction of sp³-hybridized carbons (Fsp3) is 0.368. The van der Waals surface area contributed by atoms with E-state index in [1.807, 2.05) is 23.7 Å². The summed E-state index contributed by atoms with van der Waals surface area (Å²) in [5.74, 6) is 1.69. The van der Waals surface area contributed by atoms with Crippen LogP contribution in [0.3, 0.4) is 0 Å². The zero-order valence-electron chi connectivity index (χ0n) is 15.7. The van der Waals surface area contributed by atoms with Gasteiger partial charge in [-0.3, -0.25) is 4.99 Å². The van der Waals surface area contributed by atoms with Gasteiger partial charge in [0.25, 0.3) is 0 Å². The molecule has 27 heavy (non-hydrogen) atoms. The van der Waals surface area contributed by atoms with Crippen molar-refractivity contribution in [1.29, 1.82) is 0 Å². The third-order valence-electron chi connectivity index (χ3n) is 4.72. The molecule has 0 bridgehead atoms. The number of aromatic nitrogens is 4. The average molecular weight is 364 g/mol. The molecule has 1 aliphatic heterocycles. The highest BCUT2D eigenvalue weighted by Crippen LogP contribution is 2.11. The molecule has 1 saturated heterocycles. The third-order valence-corrected chi connectivity index (χ3v) is 4.72. The van der Waals surface area contributed by atoms with Crippen LogP contribution in [0.15, 0.2) is 48.0 Å². The highest BCUT2D eigenvalue weighted by molar-refractivity contribution is 5.80. The van der Waals surface area contributed by atoms with E-state index in [1.54, 1.807) is 12.4 Å². The minimum Gasteiger partial charge on any atom is -0.351 e. The number of anilines is 1. The predicted octanol–water partition coefficient (Wildman–Crippen LogP) is 1.33. The van der Waals surface area contributed by atoms with E-state index in [4.69, 9.17) is 0 Å². The van der Waals surface area contributed by atoms with Crippen LogP contribution >= 0.6 is 0 Å². The third kappa shape index (κ3) is 3.84. The number of hydrogen-bond acceptors (Lipinski definition) is 5. The van der Waals surface area contributed by atoms with Crippen LogP contribution in [0.2, 0.25) is 0 Å². The Morgan fingerprint density at radius 2 is 1.96 bits per heavy atom. The van der Waals surface area contributed by atoms with Gasteiger partial charge >= 0.3 is 0 Å². The van der Waals surface area contributed by atoms with E-state index >= 15 is 0 Å². The van der Waals surface area contributed by atoms with E-state index in [0.717, 1.165) is 49.4 Å². The molecule has 1 N–H and O–H groups in total. The molecule has 0 atom stereocenters. The molecule has 0 amide bonds. The molecule has 0 saturated carbocycles. The van der Waals surface area contributed by atoms with E-state index in [-0.39, 0.29) is 0 Å². The first-order valence-electron chi connectivity index (χ1n) is 9.15. The topological polar surface area (TPSA) is 74.0 Å². The lowest BCUT2D eigenvalue weighted by Gasteiger charge is -2.36. The molecule has 3 aromatic heterocycles. The Balaban J connectivity index is 1.35. The number of guanidine groups is 1. The molecule has 4 heterocycles. The van der Waals surface area contributed by atoms with E-state index < -0.39 is 0 Å². The molecule has 8 nitrogen and oxygen atoms in total. The van der Waals surface area contributed by atoms with E-state index in [9.17, 15) is 0 Å². The lowest BCUT2D eigenvalue weighted by atomic mass is 10.3. The Bertz CT molecular complexity index is 925. The second-order valence-electron chi connectivity index (χ2n) is 6.63. The molecule has 1 fully saturated rings. The largest absolute Gasteiger partial charge is 0.351 e. The van der Waals surface area contributed by atoms with Crippen molar-refractivity contribution in [2.24, 2.45) is 4.99 Å². The van der Waals surface area contributed by atoms with E-state index in [0.29, 0.717) is 6.54 Å². The highest BCUT2D eigenvalue weighted by Gasteiger charge is 2.21. The maximum atomic E-state index is 4.68. The SMILES string of the molecule is CN=C(NCc1cn2ccc(C)cc2n1)N1CCN(c2ncccn2)CC1. The van der Waals surface area contributed by atoms with Gasteiger partial charge in [0.05, 0.1) is 12.2 Å². The average Bonchev–Trinajstić information content (AvgIpc) is 3.11. The summed E-state index contributed by atoms with van der Waals surface area (Å²) >= 11 is 0. The maximum Gasteiger partial charge on any atom is 0.225 e. The van der Waals surface area contributed by atoms with Gasteiger partial charge < -0.3 is 19.5 Å². The zero-order chi connectivity index (χ0) is 18.6. The standard InChI is InChI=1S/C19H24N8/c1-15-4-7-27-14-16(24-17(27)12-15)13-23-18(20-2)25-8-10-26(11-9-25)19-21-5-3-6-22-19/h3-7,12,14H,8-11,13H2,1-2H3,(H,20,23). The number of pyridine rings is 1. The molecule has 140 valence electrons. The Morgan fingerprint density at radius 3 is 2.70 bits per heavy atom. The number of piperazine rings is 1. The molecule has 1 aliphatic rings. The van der Waals surface area contributed by atoms with Crippen LogP contribution in [-0.2, 0) is 6.54 Å². The van der Waals surface area contributed by atoms with Crippen LogP contribution in [0, 0.1) is 6.92 Å². The van der Waals surface area contributed by atoms with Gasteiger partial charge in [-0.2, -0.15) is 0 Å². The first kappa shape index (κ1) is 17.3. The minimum atomic E-state index is 0.648. The Morgan fingerprint density at radius 1 is 1.19 bits per heavy atom. The van der Waals surface area contributed by atoms with Gasteiger partial charge in [0.15, 0.2) is 5.96 Å². The van der Waals surface area contributed by atoms with E-state index in [1.165, 1.54) is 5.56 Å². The molecule has 8 heteroatoms. The van der Waals surface area contributed by atoms with Crippen LogP contribution in [0.4, 0.5) is 5.95 Å². The summed E-state index contributed by atoms with van der Waals surface area (Å²) in [6.45, 7) is 6.23. The molecule has 4 rings (SSSR count). The van der Waals surface area contributed by atoms with Crippen LogP contribution < -0.4 is 10.2 Å². The maximum absolute atomic E-state index is 4.68. The minimum absolute atomic E-state index is 0.648. The van der Waals surface area contributed by atoms with Crippen molar-refractivity contribution in [1.82, 2.24) is 29.6 Å². The van der Waals surface area contributed by atoms with E-state index in [2.05, 4.69) is 60.3 Å². The van der Waals surface area contributed by atoms with Crippen LogP contribution in [-0.4, -0.2) is 63.4 Å². The second-order valence-corrected chi connectivity index (χ2v) is 6.63. The van der Waals surface area contributed by atoms with Crippen molar-refractivity contribution >= 4 is 17.6 Å². The summed E-state index contributed by atoms with van der Waals surface area (Å²) in [7, 11) is 1.82. The molecule has 0 aromatic carbocycles. The van der Waals surface area contributed by atoms with Crippen molar-refractivity contribution < 1.29 is 0 Å². The number of fused-ring (bicyclic) bond motifs is 1. The monoisotopic (exact) mass is 364 g/mol. The number of aliphatic imine (C=N–C) groups is 1. The molecule has 0 radical (unpaired) electrons. The fourth-order valence-electron chi connectivity index (χ4n) is 3.30. The van der Waals surface area contributed by atoms with Gasteiger partial charge in [-0.15, -0.1) is 0 Å². The molecular weight excluding hydrogens is 340 g/mol. The molecule has 0 spiro atoms. The van der Waals surface area contributed by atoms with Crippen molar-refractivity contribution in [2.75, 3.05) is 38.1 Å². The summed E-state index contributed by atoms with van der Waals surface area (Å²) in [4.78, 5) is 22.3. The van der Waals surface area contributed by atoms with Crippen LogP contribution in [0.5, 0.6) is 0 Å². The summed E-state index contributed by atoms with van der Waals surface area (Å²) < 4.78 is 2.05. The number of hydrogen-bond donors (Lipinski definition) is 1. The number of nitrogens with zero attached hydrogens (tertiary/aromatic N) is 7. The fourth-order valence-corrected chi connectivity index (χ4v) is 3.30. The number of nitrogens with one attached hydrogen (secondary N) is 1. The first-order valence-corrected chi connectivity index (χ1v) is 9.15. The van der Waals surface area contributed by atoms with Gasteiger partial charge in [0, 0.05) is 58.0 Å². The smallest absolute Gasteiger partial charge is 0.225 e. The highest BCUT2D eigenvalue weighted by atomic mass is 15.4. The Kier molecular flexibility index (Phi) is 4.86. The predicted molar refractivity (Wildman–Crippen MR) is 106 cm³/mol. The second kappa shape index (κ2) is 7.61. The Hall–Kier alpha value is -3.16. The van der Waals surface area contributed by atoms with Crippen LogP contribution in [0.25, 0.3) is 5.65 Å². The lowest BCUT2D eigenvalue weighted by molar-refractivity contribution is 0.370. The zero-order valence-corrected chi connectivity index (χ0v) is 15.7. The molecule has 0 unspecified atom stereocenters. The van der Waals surface area contributed by atoms with Crippen molar-refractivity contribution in [3.63, 3.8) is 0 Å². The number of imidazole rings is 1.